The molecule has 0 atom stereocenters. The van der Waals surface area contributed by atoms with Gasteiger partial charge in [-0.3, -0.25) is 4.40 Å². The van der Waals surface area contributed by atoms with E-state index in [0.29, 0.717) is 11.2 Å². The van der Waals surface area contributed by atoms with Crippen molar-refractivity contribution in [1.29, 1.82) is 5.26 Å². The number of nitriles is 1. The molecule has 3 rings (SSSR count). The summed E-state index contributed by atoms with van der Waals surface area (Å²) >= 11 is 0. The van der Waals surface area contributed by atoms with E-state index in [4.69, 9.17) is 5.26 Å². The van der Waals surface area contributed by atoms with Crippen LogP contribution in [0, 0.1) is 11.3 Å². The molecule has 0 amide bonds. The second kappa shape index (κ2) is 4.59. The van der Waals surface area contributed by atoms with Gasteiger partial charge in [0.1, 0.15) is 0 Å². The Bertz CT molecular complexity index is 859. The van der Waals surface area contributed by atoms with Crippen molar-refractivity contribution in [3.8, 4) is 17.5 Å². The van der Waals surface area contributed by atoms with Gasteiger partial charge < -0.3 is 0 Å². The largest absolute Gasteiger partial charge is 0.417 e. The number of aromatic nitrogens is 3. The lowest BCUT2D eigenvalue weighted by Crippen LogP contribution is -2.08. The average Bonchev–Trinajstić information content (AvgIpc) is 2.89. The first-order chi connectivity index (χ1) is 10.0. The van der Waals surface area contributed by atoms with Crippen LogP contribution < -0.4 is 0 Å². The average molecular weight is 288 g/mol. The Morgan fingerprint density at radius 1 is 1.10 bits per heavy atom. The van der Waals surface area contributed by atoms with Crippen LogP contribution in [0.15, 0.2) is 42.6 Å². The molecule has 1 aromatic carbocycles. The number of nitrogens with zero attached hydrogens (tertiary/aromatic N) is 4. The SMILES string of the molecule is N#Cc1ccn2c(-c3ccccc3C(F)(F)F)nnc2c1. The molecule has 104 valence electrons. The van der Waals surface area contributed by atoms with Gasteiger partial charge in [0.15, 0.2) is 11.5 Å². The zero-order valence-electron chi connectivity index (χ0n) is 10.5. The lowest BCUT2D eigenvalue weighted by molar-refractivity contribution is -0.137. The van der Waals surface area contributed by atoms with Crippen LogP contribution in [-0.4, -0.2) is 14.6 Å². The van der Waals surface area contributed by atoms with Gasteiger partial charge in [-0.1, -0.05) is 18.2 Å². The highest BCUT2D eigenvalue weighted by molar-refractivity contribution is 5.64. The second-order valence-electron chi connectivity index (χ2n) is 4.32. The van der Waals surface area contributed by atoms with Crippen LogP contribution in [0.1, 0.15) is 11.1 Å². The highest BCUT2D eigenvalue weighted by Crippen LogP contribution is 2.36. The van der Waals surface area contributed by atoms with Gasteiger partial charge in [-0.25, -0.2) is 0 Å². The van der Waals surface area contributed by atoms with Gasteiger partial charge in [-0.05, 0) is 12.1 Å². The van der Waals surface area contributed by atoms with Crippen molar-refractivity contribution in [2.75, 3.05) is 0 Å². The standard InChI is InChI=1S/C14H7F3N4/c15-14(16,17)11-4-2-1-3-10(11)13-20-19-12-7-9(8-18)5-6-21(12)13/h1-7H. The van der Waals surface area contributed by atoms with Crippen molar-refractivity contribution >= 4 is 5.65 Å². The fraction of sp³-hybridized carbons (Fsp3) is 0.0714. The number of rotatable bonds is 1. The molecular weight excluding hydrogens is 281 g/mol. The van der Waals surface area contributed by atoms with Crippen LogP contribution in [0.25, 0.3) is 17.0 Å². The highest BCUT2D eigenvalue weighted by atomic mass is 19.4. The summed E-state index contributed by atoms with van der Waals surface area (Å²) in [5.74, 6) is 0.0856. The first kappa shape index (κ1) is 13.1. The Morgan fingerprint density at radius 2 is 1.86 bits per heavy atom. The molecule has 0 aliphatic rings. The van der Waals surface area contributed by atoms with Crippen molar-refractivity contribution in [2.24, 2.45) is 0 Å². The van der Waals surface area contributed by atoms with E-state index in [2.05, 4.69) is 10.2 Å². The Hall–Kier alpha value is -2.88. The molecule has 0 saturated heterocycles. The Balaban J connectivity index is 2.25. The predicted molar refractivity (Wildman–Crippen MR) is 68.1 cm³/mol. The van der Waals surface area contributed by atoms with E-state index >= 15 is 0 Å². The van der Waals surface area contributed by atoms with Gasteiger partial charge in [0.25, 0.3) is 0 Å². The van der Waals surface area contributed by atoms with Crippen LogP contribution in [0.5, 0.6) is 0 Å². The summed E-state index contributed by atoms with van der Waals surface area (Å²) in [4.78, 5) is 0. The molecule has 0 radical (unpaired) electrons. The van der Waals surface area contributed by atoms with E-state index < -0.39 is 11.7 Å². The van der Waals surface area contributed by atoms with Gasteiger partial charge >= 0.3 is 6.18 Å². The van der Waals surface area contributed by atoms with Crippen LogP contribution >= 0.6 is 0 Å². The van der Waals surface area contributed by atoms with Crippen LogP contribution in [0.3, 0.4) is 0 Å². The van der Waals surface area contributed by atoms with E-state index in [-0.39, 0.29) is 11.4 Å². The topological polar surface area (TPSA) is 54.0 Å². The van der Waals surface area contributed by atoms with Crippen molar-refractivity contribution in [2.45, 2.75) is 6.18 Å². The van der Waals surface area contributed by atoms with E-state index in [1.165, 1.54) is 40.9 Å². The Morgan fingerprint density at radius 3 is 2.57 bits per heavy atom. The lowest BCUT2D eigenvalue weighted by atomic mass is 10.1. The van der Waals surface area contributed by atoms with Gasteiger partial charge in [-0.15, -0.1) is 10.2 Å². The van der Waals surface area contributed by atoms with Crippen LogP contribution in [0.4, 0.5) is 13.2 Å². The van der Waals surface area contributed by atoms with Crippen LogP contribution in [0.2, 0.25) is 0 Å². The maximum atomic E-state index is 13.1. The van der Waals surface area contributed by atoms with E-state index in [1.54, 1.807) is 0 Å². The summed E-state index contributed by atoms with van der Waals surface area (Å²) < 4.78 is 40.6. The third kappa shape index (κ3) is 2.21. The lowest BCUT2D eigenvalue weighted by Gasteiger charge is -2.11. The molecule has 21 heavy (non-hydrogen) atoms. The zero-order chi connectivity index (χ0) is 15.0. The predicted octanol–water partition coefficient (Wildman–Crippen LogP) is 3.29. The van der Waals surface area contributed by atoms with E-state index in [9.17, 15) is 13.2 Å². The molecule has 0 aliphatic carbocycles. The molecule has 4 nitrogen and oxygen atoms in total. The molecule has 0 aliphatic heterocycles. The maximum absolute atomic E-state index is 13.1. The summed E-state index contributed by atoms with van der Waals surface area (Å²) in [6.45, 7) is 0. The van der Waals surface area contributed by atoms with Gasteiger partial charge in [-0.2, -0.15) is 18.4 Å². The molecule has 2 heterocycles. The normalized spacial score (nSPS) is 11.5. The molecule has 0 spiro atoms. The summed E-state index contributed by atoms with van der Waals surface area (Å²) in [5.41, 5.74) is -0.141. The second-order valence-corrected chi connectivity index (χ2v) is 4.32. The van der Waals surface area contributed by atoms with Crippen LogP contribution in [-0.2, 0) is 6.18 Å². The number of benzene rings is 1. The van der Waals surface area contributed by atoms with Crippen molar-refractivity contribution in [3.63, 3.8) is 0 Å². The van der Waals surface area contributed by atoms with Gasteiger partial charge in [0.2, 0.25) is 0 Å². The number of fused-ring (bicyclic) bond motifs is 1. The monoisotopic (exact) mass is 288 g/mol. The fourth-order valence-electron chi connectivity index (χ4n) is 2.07. The van der Waals surface area contributed by atoms with Gasteiger partial charge in [0.05, 0.1) is 17.2 Å². The minimum absolute atomic E-state index is 0.0535. The molecule has 3 aromatic rings. The van der Waals surface area contributed by atoms with Crippen molar-refractivity contribution in [1.82, 2.24) is 14.6 Å². The molecule has 0 fully saturated rings. The number of hydrogen-bond acceptors (Lipinski definition) is 3. The summed E-state index contributed by atoms with van der Waals surface area (Å²) in [6, 6.07) is 10.1. The minimum Gasteiger partial charge on any atom is -0.282 e. The molecule has 2 aromatic heterocycles. The molecular formula is C14H7F3N4. The number of alkyl halides is 3. The quantitative estimate of drug-likeness (QED) is 0.690. The van der Waals surface area contributed by atoms with Crippen molar-refractivity contribution in [3.05, 3.63) is 53.7 Å². The number of pyridine rings is 1. The molecule has 7 heteroatoms. The third-order valence-corrected chi connectivity index (χ3v) is 3.01. The summed E-state index contributed by atoms with van der Waals surface area (Å²) in [6.07, 6.45) is -2.99. The van der Waals surface area contributed by atoms with E-state index in [1.807, 2.05) is 6.07 Å². The molecule has 0 saturated carbocycles. The third-order valence-electron chi connectivity index (χ3n) is 3.01. The number of halogens is 3. The molecule has 0 N–H and O–H groups in total. The Kier molecular flexibility index (Phi) is 2.87. The fourth-order valence-corrected chi connectivity index (χ4v) is 2.07. The maximum Gasteiger partial charge on any atom is 0.417 e. The summed E-state index contributed by atoms with van der Waals surface area (Å²) in [7, 11) is 0. The summed E-state index contributed by atoms with van der Waals surface area (Å²) in [5, 5.41) is 16.5. The molecule has 0 unspecified atom stereocenters. The first-order valence-electron chi connectivity index (χ1n) is 5.92. The smallest absolute Gasteiger partial charge is 0.282 e. The zero-order valence-corrected chi connectivity index (χ0v) is 10.5. The van der Waals surface area contributed by atoms with Crippen molar-refractivity contribution < 1.29 is 13.2 Å². The van der Waals surface area contributed by atoms with E-state index in [0.717, 1.165) is 6.07 Å². The highest BCUT2D eigenvalue weighted by Gasteiger charge is 2.34. The Labute approximate surface area is 117 Å². The minimum atomic E-state index is -4.48. The first-order valence-corrected chi connectivity index (χ1v) is 5.92. The molecule has 0 bridgehead atoms. The number of hydrogen-bond donors (Lipinski definition) is 0. The van der Waals surface area contributed by atoms with Gasteiger partial charge in [0, 0.05) is 17.8 Å².